The summed E-state index contributed by atoms with van der Waals surface area (Å²) in [7, 11) is 0. The van der Waals surface area contributed by atoms with Gasteiger partial charge < -0.3 is 5.32 Å². The predicted octanol–water partition coefficient (Wildman–Crippen LogP) is 2.29. The summed E-state index contributed by atoms with van der Waals surface area (Å²) in [6.45, 7) is 6.84. The van der Waals surface area contributed by atoms with E-state index in [9.17, 15) is 4.79 Å². The van der Waals surface area contributed by atoms with Crippen LogP contribution in [0.2, 0.25) is 0 Å². The summed E-state index contributed by atoms with van der Waals surface area (Å²) in [5.41, 5.74) is 0. The number of hydrogen-bond acceptors (Lipinski definition) is 1. The Labute approximate surface area is 104 Å². The van der Waals surface area contributed by atoms with Crippen LogP contribution in [-0.2, 0) is 4.79 Å². The molecule has 0 unspecified atom stereocenters. The Balaban J connectivity index is 3.85. The van der Waals surface area contributed by atoms with Crippen LogP contribution in [0.15, 0.2) is 24.3 Å². The van der Waals surface area contributed by atoms with Gasteiger partial charge in [-0.1, -0.05) is 31.8 Å². The summed E-state index contributed by atoms with van der Waals surface area (Å²) in [4.78, 5) is 11.2. The van der Waals surface area contributed by atoms with Gasteiger partial charge in [0.05, 0.1) is 0 Å². The van der Waals surface area contributed by atoms with Crippen molar-refractivity contribution in [3.63, 3.8) is 0 Å². The third-order valence-electron chi connectivity index (χ3n) is 1.80. The molecule has 17 heavy (non-hydrogen) atoms. The van der Waals surface area contributed by atoms with E-state index in [0.717, 1.165) is 6.42 Å². The number of nitrogens with one attached hydrogen (secondary N) is 1. The average molecular weight is 229 g/mol. The standard InChI is InChI=1S/C15H19NO/c1-4-5-6-7-8-9-10-11-15(17)16-13-12-14(2)3/h4-5,10-11,14H,12-13H2,1-3H3,(H,16,17)/b5-4-,11-10+. The molecule has 2 nitrogen and oxygen atoms in total. The first-order chi connectivity index (χ1) is 8.16. The van der Waals surface area contributed by atoms with Gasteiger partial charge in [0.25, 0.3) is 0 Å². The number of amides is 1. The highest BCUT2D eigenvalue weighted by atomic mass is 16.1. The number of rotatable bonds is 4. The fourth-order valence-corrected chi connectivity index (χ4v) is 0.899. The lowest BCUT2D eigenvalue weighted by Gasteiger charge is -2.03. The molecule has 1 N–H and O–H groups in total. The molecule has 2 heteroatoms. The number of carbonyl (C=O) groups excluding carboxylic acids is 1. The molecule has 0 aliphatic carbocycles. The van der Waals surface area contributed by atoms with Crippen LogP contribution in [0.25, 0.3) is 0 Å². The van der Waals surface area contributed by atoms with Crippen LogP contribution in [0.1, 0.15) is 27.2 Å². The van der Waals surface area contributed by atoms with Gasteiger partial charge in [-0.3, -0.25) is 4.79 Å². The first-order valence-corrected chi connectivity index (χ1v) is 5.73. The molecule has 0 saturated carbocycles. The van der Waals surface area contributed by atoms with Crippen LogP contribution in [0, 0.1) is 29.6 Å². The minimum Gasteiger partial charge on any atom is -0.353 e. The summed E-state index contributed by atoms with van der Waals surface area (Å²) in [6, 6.07) is 0. The largest absolute Gasteiger partial charge is 0.353 e. The molecular weight excluding hydrogens is 210 g/mol. The molecule has 90 valence electrons. The second kappa shape index (κ2) is 10.6. The Morgan fingerprint density at radius 3 is 2.47 bits per heavy atom. The molecule has 0 radical (unpaired) electrons. The third-order valence-corrected chi connectivity index (χ3v) is 1.80. The first-order valence-electron chi connectivity index (χ1n) is 5.73. The number of hydrogen-bond donors (Lipinski definition) is 1. The molecule has 0 aromatic carbocycles. The van der Waals surface area contributed by atoms with Crippen LogP contribution in [0.5, 0.6) is 0 Å². The molecule has 0 bridgehead atoms. The fourth-order valence-electron chi connectivity index (χ4n) is 0.899. The average Bonchev–Trinajstić information content (AvgIpc) is 2.27. The van der Waals surface area contributed by atoms with Crippen LogP contribution in [-0.4, -0.2) is 12.5 Å². The van der Waals surface area contributed by atoms with Crippen LogP contribution in [0.4, 0.5) is 0 Å². The van der Waals surface area contributed by atoms with Crippen molar-refractivity contribution in [1.82, 2.24) is 5.32 Å². The van der Waals surface area contributed by atoms with E-state index < -0.39 is 0 Å². The number of carbonyl (C=O) groups is 1. The summed E-state index contributed by atoms with van der Waals surface area (Å²) >= 11 is 0. The lowest BCUT2D eigenvalue weighted by Crippen LogP contribution is -2.23. The van der Waals surface area contributed by atoms with Gasteiger partial charge in [0.15, 0.2) is 0 Å². The smallest absolute Gasteiger partial charge is 0.244 e. The van der Waals surface area contributed by atoms with Gasteiger partial charge in [0.2, 0.25) is 5.91 Å². The Morgan fingerprint density at radius 2 is 1.88 bits per heavy atom. The maximum absolute atomic E-state index is 11.2. The van der Waals surface area contributed by atoms with Crippen molar-refractivity contribution in [3.05, 3.63) is 24.3 Å². The summed E-state index contributed by atoms with van der Waals surface area (Å²) in [5, 5.41) is 2.78. The zero-order valence-electron chi connectivity index (χ0n) is 10.7. The van der Waals surface area contributed by atoms with Gasteiger partial charge >= 0.3 is 0 Å². The highest BCUT2D eigenvalue weighted by Gasteiger charge is 1.95. The normalized spacial score (nSPS) is 9.88. The minimum absolute atomic E-state index is 0.110. The monoisotopic (exact) mass is 229 g/mol. The van der Waals surface area contributed by atoms with E-state index in [1.807, 2.05) is 13.0 Å². The van der Waals surface area contributed by atoms with Crippen molar-refractivity contribution >= 4 is 5.91 Å². The quantitative estimate of drug-likeness (QED) is 0.581. The first kappa shape index (κ1) is 15.1. The fraction of sp³-hybridized carbons (Fsp3) is 0.400. The highest BCUT2D eigenvalue weighted by Crippen LogP contribution is 1.95. The van der Waals surface area contributed by atoms with Crippen LogP contribution >= 0.6 is 0 Å². The SMILES string of the molecule is C/C=C\C#CC#C/C=C/C(=O)NCCC(C)C. The molecule has 0 saturated heterocycles. The molecule has 0 rings (SSSR count). The lowest BCUT2D eigenvalue weighted by molar-refractivity contribution is -0.116. The van der Waals surface area contributed by atoms with Gasteiger partial charge in [-0.25, -0.2) is 0 Å². The highest BCUT2D eigenvalue weighted by molar-refractivity contribution is 5.87. The Hall–Kier alpha value is -1.93. The van der Waals surface area contributed by atoms with Gasteiger partial charge in [-0.05, 0) is 43.3 Å². The minimum atomic E-state index is -0.110. The van der Waals surface area contributed by atoms with Crippen molar-refractivity contribution in [3.8, 4) is 23.7 Å². The van der Waals surface area contributed by atoms with Gasteiger partial charge in [0.1, 0.15) is 0 Å². The van der Waals surface area contributed by atoms with E-state index in [1.54, 1.807) is 6.08 Å². The molecule has 0 aromatic rings. The number of allylic oxidation sites excluding steroid dienone is 3. The Morgan fingerprint density at radius 1 is 1.24 bits per heavy atom. The van der Waals surface area contributed by atoms with E-state index in [1.165, 1.54) is 12.2 Å². The van der Waals surface area contributed by atoms with Crippen molar-refractivity contribution in [2.45, 2.75) is 27.2 Å². The zero-order chi connectivity index (χ0) is 12.9. The van der Waals surface area contributed by atoms with Gasteiger partial charge in [-0.2, -0.15) is 0 Å². The molecule has 0 atom stereocenters. The van der Waals surface area contributed by atoms with E-state index >= 15 is 0 Å². The molecule has 0 heterocycles. The zero-order valence-corrected chi connectivity index (χ0v) is 10.7. The van der Waals surface area contributed by atoms with Crippen molar-refractivity contribution in [2.75, 3.05) is 6.54 Å². The molecule has 1 amide bonds. The third kappa shape index (κ3) is 12.0. The predicted molar refractivity (Wildman–Crippen MR) is 72.0 cm³/mol. The molecule has 0 aliphatic heterocycles. The van der Waals surface area contributed by atoms with Crippen molar-refractivity contribution < 1.29 is 4.79 Å². The van der Waals surface area contributed by atoms with E-state index in [-0.39, 0.29) is 5.91 Å². The summed E-state index contributed by atoms with van der Waals surface area (Å²) < 4.78 is 0. The molecule has 0 aliphatic rings. The second-order valence-electron chi connectivity index (χ2n) is 3.85. The maximum atomic E-state index is 11.2. The van der Waals surface area contributed by atoms with Gasteiger partial charge in [-0.15, -0.1) is 0 Å². The van der Waals surface area contributed by atoms with Crippen LogP contribution in [0.3, 0.4) is 0 Å². The van der Waals surface area contributed by atoms with Crippen molar-refractivity contribution in [1.29, 1.82) is 0 Å². The molecule has 0 fully saturated rings. The lowest BCUT2D eigenvalue weighted by atomic mass is 10.1. The topological polar surface area (TPSA) is 29.1 Å². The maximum Gasteiger partial charge on any atom is 0.244 e. The summed E-state index contributed by atoms with van der Waals surface area (Å²) in [5.74, 6) is 11.2. The molecule has 0 spiro atoms. The summed E-state index contributed by atoms with van der Waals surface area (Å²) in [6.07, 6.45) is 7.48. The van der Waals surface area contributed by atoms with E-state index in [0.29, 0.717) is 12.5 Å². The molecular formula is C15H19NO. The Bertz CT molecular complexity index is 394. The second-order valence-corrected chi connectivity index (χ2v) is 3.85. The van der Waals surface area contributed by atoms with E-state index in [4.69, 9.17) is 0 Å². The Kier molecular flexibility index (Phi) is 9.38. The van der Waals surface area contributed by atoms with Gasteiger partial charge in [0, 0.05) is 12.6 Å². The van der Waals surface area contributed by atoms with Crippen LogP contribution < -0.4 is 5.32 Å². The van der Waals surface area contributed by atoms with Crippen molar-refractivity contribution in [2.24, 2.45) is 5.92 Å². The molecule has 0 aromatic heterocycles. The van der Waals surface area contributed by atoms with E-state index in [2.05, 4.69) is 42.8 Å².